The maximum Gasteiger partial charge on any atom is 0.335 e. The SMILES string of the molecule is O=C(O)c1ccc(C(=O)N2CCCC(CCF)C2)cc1. The van der Waals surface area contributed by atoms with Crippen molar-refractivity contribution >= 4 is 11.9 Å². The zero-order valence-corrected chi connectivity index (χ0v) is 11.2. The molecular weight excluding hydrogens is 261 g/mol. The van der Waals surface area contributed by atoms with Crippen LogP contribution in [-0.4, -0.2) is 41.6 Å². The summed E-state index contributed by atoms with van der Waals surface area (Å²) in [4.78, 5) is 24.8. The predicted molar refractivity (Wildman–Crippen MR) is 72.6 cm³/mol. The van der Waals surface area contributed by atoms with Gasteiger partial charge in [0.25, 0.3) is 5.91 Å². The largest absolute Gasteiger partial charge is 0.478 e. The molecule has 1 unspecified atom stereocenters. The summed E-state index contributed by atoms with van der Waals surface area (Å²) in [5, 5.41) is 8.83. The van der Waals surface area contributed by atoms with E-state index in [1.807, 2.05) is 0 Å². The summed E-state index contributed by atoms with van der Waals surface area (Å²) in [7, 11) is 0. The number of aromatic carboxylic acids is 1. The highest BCUT2D eigenvalue weighted by atomic mass is 19.1. The molecule has 1 aliphatic rings. The number of amides is 1. The second-order valence-corrected chi connectivity index (χ2v) is 5.12. The van der Waals surface area contributed by atoms with E-state index in [2.05, 4.69) is 0 Å². The van der Waals surface area contributed by atoms with E-state index in [1.54, 1.807) is 4.90 Å². The number of hydrogen-bond acceptors (Lipinski definition) is 2. The van der Waals surface area contributed by atoms with Crippen molar-refractivity contribution in [2.24, 2.45) is 5.92 Å². The molecule has 0 aliphatic carbocycles. The van der Waals surface area contributed by atoms with Crippen molar-refractivity contribution in [1.82, 2.24) is 4.90 Å². The molecule has 1 saturated heterocycles. The lowest BCUT2D eigenvalue weighted by Crippen LogP contribution is -2.40. The van der Waals surface area contributed by atoms with E-state index in [1.165, 1.54) is 24.3 Å². The van der Waals surface area contributed by atoms with Gasteiger partial charge < -0.3 is 10.0 Å². The van der Waals surface area contributed by atoms with Gasteiger partial charge in [-0.3, -0.25) is 9.18 Å². The smallest absolute Gasteiger partial charge is 0.335 e. The average Bonchev–Trinajstić information content (AvgIpc) is 2.47. The van der Waals surface area contributed by atoms with Crippen LogP contribution in [-0.2, 0) is 0 Å². The van der Waals surface area contributed by atoms with Crippen LogP contribution in [0.3, 0.4) is 0 Å². The second-order valence-electron chi connectivity index (χ2n) is 5.12. The predicted octanol–water partition coefficient (Wildman–Crippen LogP) is 2.60. The van der Waals surface area contributed by atoms with Crippen LogP contribution >= 0.6 is 0 Å². The number of benzene rings is 1. The van der Waals surface area contributed by atoms with Crippen molar-refractivity contribution < 1.29 is 19.1 Å². The number of carbonyl (C=O) groups is 2. The Balaban J connectivity index is 2.04. The molecule has 108 valence electrons. The van der Waals surface area contributed by atoms with Gasteiger partial charge in [0.15, 0.2) is 0 Å². The van der Waals surface area contributed by atoms with Crippen LogP contribution in [0.4, 0.5) is 4.39 Å². The molecule has 1 aromatic rings. The fraction of sp³-hybridized carbons (Fsp3) is 0.467. The third-order valence-corrected chi connectivity index (χ3v) is 3.70. The topological polar surface area (TPSA) is 57.6 Å². The normalized spacial score (nSPS) is 18.9. The molecule has 5 heteroatoms. The van der Waals surface area contributed by atoms with Gasteiger partial charge in [0.05, 0.1) is 12.2 Å². The van der Waals surface area contributed by atoms with Gasteiger partial charge in [0.2, 0.25) is 0 Å². The summed E-state index contributed by atoms with van der Waals surface area (Å²) < 4.78 is 12.4. The average molecular weight is 279 g/mol. The lowest BCUT2D eigenvalue weighted by Gasteiger charge is -2.32. The highest BCUT2D eigenvalue weighted by Gasteiger charge is 2.24. The lowest BCUT2D eigenvalue weighted by atomic mass is 9.95. The van der Waals surface area contributed by atoms with Gasteiger partial charge in [-0.25, -0.2) is 4.79 Å². The van der Waals surface area contributed by atoms with Gasteiger partial charge in [0, 0.05) is 18.7 Å². The van der Waals surface area contributed by atoms with Gasteiger partial charge in [-0.2, -0.15) is 0 Å². The van der Waals surface area contributed by atoms with Crippen LogP contribution < -0.4 is 0 Å². The Hall–Kier alpha value is -1.91. The molecule has 1 atom stereocenters. The van der Waals surface area contributed by atoms with E-state index in [0.717, 1.165) is 12.8 Å². The molecule has 0 saturated carbocycles. The third kappa shape index (κ3) is 3.35. The molecule has 1 fully saturated rings. The van der Waals surface area contributed by atoms with Crippen molar-refractivity contribution in [1.29, 1.82) is 0 Å². The first-order valence-corrected chi connectivity index (χ1v) is 6.80. The number of alkyl halides is 1. The number of piperidine rings is 1. The fourth-order valence-corrected chi connectivity index (χ4v) is 2.58. The Morgan fingerprint density at radius 1 is 1.25 bits per heavy atom. The van der Waals surface area contributed by atoms with Crippen LogP contribution in [0, 0.1) is 5.92 Å². The fourth-order valence-electron chi connectivity index (χ4n) is 2.58. The highest BCUT2D eigenvalue weighted by Crippen LogP contribution is 2.21. The number of halogens is 1. The van der Waals surface area contributed by atoms with Gasteiger partial charge in [-0.05, 0) is 49.4 Å². The minimum Gasteiger partial charge on any atom is -0.478 e. The Labute approximate surface area is 117 Å². The number of likely N-dealkylation sites (tertiary alicyclic amines) is 1. The number of rotatable bonds is 4. The maximum atomic E-state index is 12.4. The number of carbonyl (C=O) groups excluding carboxylic acids is 1. The molecule has 0 aromatic heterocycles. The van der Waals surface area contributed by atoms with Crippen molar-refractivity contribution in [2.45, 2.75) is 19.3 Å². The molecule has 20 heavy (non-hydrogen) atoms. The van der Waals surface area contributed by atoms with Crippen LogP contribution in [0.5, 0.6) is 0 Å². The van der Waals surface area contributed by atoms with Gasteiger partial charge in [-0.1, -0.05) is 0 Å². The summed E-state index contributed by atoms with van der Waals surface area (Å²) in [6.45, 7) is 0.922. The van der Waals surface area contributed by atoms with Gasteiger partial charge >= 0.3 is 5.97 Å². The molecular formula is C15H18FNO3. The third-order valence-electron chi connectivity index (χ3n) is 3.70. The molecule has 1 N–H and O–H groups in total. The first kappa shape index (κ1) is 14.5. The molecule has 4 nitrogen and oxygen atoms in total. The zero-order chi connectivity index (χ0) is 14.5. The number of nitrogens with zero attached hydrogens (tertiary/aromatic N) is 1. The minimum absolute atomic E-state index is 0.106. The highest BCUT2D eigenvalue weighted by molar-refractivity contribution is 5.95. The molecule has 1 amide bonds. The molecule has 0 spiro atoms. The summed E-state index contributed by atoms with van der Waals surface area (Å²) >= 11 is 0. The van der Waals surface area contributed by atoms with Crippen LogP contribution in [0.25, 0.3) is 0 Å². The van der Waals surface area contributed by atoms with Crippen LogP contribution in [0.15, 0.2) is 24.3 Å². The summed E-state index contributed by atoms with van der Waals surface area (Å²) in [5.74, 6) is -0.883. The molecule has 1 aromatic carbocycles. The Bertz CT molecular complexity index is 484. The number of hydrogen-bond donors (Lipinski definition) is 1. The quantitative estimate of drug-likeness (QED) is 0.921. The minimum atomic E-state index is -1.01. The molecule has 1 aliphatic heterocycles. The van der Waals surface area contributed by atoms with Crippen molar-refractivity contribution in [2.75, 3.05) is 19.8 Å². The van der Waals surface area contributed by atoms with Crippen LogP contribution in [0.2, 0.25) is 0 Å². The molecule has 0 radical (unpaired) electrons. The monoisotopic (exact) mass is 279 g/mol. The Kier molecular flexibility index (Phi) is 4.71. The van der Waals surface area contributed by atoms with Crippen molar-refractivity contribution in [3.63, 3.8) is 0 Å². The lowest BCUT2D eigenvalue weighted by molar-refractivity contribution is 0.0659. The van der Waals surface area contributed by atoms with Crippen LogP contribution in [0.1, 0.15) is 40.0 Å². The summed E-state index contributed by atoms with van der Waals surface area (Å²) in [5.41, 5.74) is 0.645. The van der Waals surface area contributed by atoms with Crippen molar-refractivity contribution in [3.8, 4) is 0 Å². The summed E-state index contributed by atoms with van der Waals surface area (Å²) in [6, 6.07) is 5.92. The van der Waals surface area contributed by atoms with E-state index >= 15 is 0 Å². The van der Waals surface area contributed by atoms with Gasteiger partial charge in [0.1, 0.15) is 0 Å². The molecule has 2 rings (SSSR count). The van der Waals surface area contributed by atoms with E-state index in [4.69, 9.17) is 5.11 Å². The standard InChI is InChI=1S/C15H18FNO3/c16-8-7-11-2-1-9-17(10-11)14(18)12-3-5-13(6-4-12)15(19)20/h3-6,11H,1-2,7-10H2,(H,19,20). The Morgan fingerprint density at radius 3 is 2.50 bits per heavy atom. The van der Waals surface area contributed by atoms with E-state index in [-0.39, 0.29) is 24.1 Å². The van der Waals surface area contributed by atoms with Crippen molar-refractivity contribution in [3.05, 3.63) is 35.4 Å². The first-order valence-electron chi connectivity index (χ1n) is 6.80. The zero-order valence-electron chi connectivity index (χ0n) is 11.2. The summed E-state index contributed by atoms with van der Waals surface area (Å²) in [6.07, 6.45) is 2.36. The maximum absolute atomic E-state index is 12.4. The van der Waals surface area contributed by atoms with E-state index in [9.17, 15) is 14.0 Å². The van der Waals surface area contributed by atoms with Gasteiger partial charge in [-0.15, -0.1) is 0 Å². The molecule has 0 bridgehead atoms. The Morgan fingerprint density at radius 2 is 1.90 bits per heavy atom. The second kappa shape index (κ2) is 6.50. The first-order chi connectivity index (χ1) is 9.61. The number of carboxylic acid groups (broad SMARTS) is 1. The van der Waals surface area contributed by atoms with E-state index < -0.39 is 5.97 Å². The number of carboxylic acids is 1. The molecule has 1 heterocycles. The van der Waals surface area contributed by atoms with E-state index in [0.29, 0.717) is 25.1 Å².